The number of hydrogen-bond acceptors (Lipinski definition) is 3. The molecule has 11 heavy (non-hydrogen) atoms. The Morgan fingerprint density at radius 1 is 1.55 bits per heavy atom. The summed E-state index contributed by atoms with van der Waals surface area (Å²) >= 11 is 0. The number of aldehydes is 1. The molecule has 0 radical (unpaired) electrons. The van der Waals surface area contributed by atoms with Crippen molar-refractivity contribution in [3.8, 4) is 0 Å². The topological polar surface area (TPSA) is 29.5 Å². The van der Waals surface area contributed by atoms with Gasteiger partial charge in [0.25, 0.3) is 0 Å². The monoisotopic (exact) mass is 155 g/mol. The molecule has 1 aliphatic heterocycles. The van der Waals surface area contributed by atoms with Gasteiger partial charge < -0.3 is 14.3 Å². The van der Waals surface area contributed by atoms with Crippen molar-refractivity contribution in [3.05, 3.63) is 0 Å². The first kappa shape index (κ1) is 8.75. The summed E-state index contributed by atoms with van der Waals surface area (Å²) < 4.78 is 4.99. The third kappa shape index (κ3) is 2.63. The normalized spacial score (nSPS) is 21.5. The molecular formula is C7H14BNO2. The van der Waals surface area contributed by atoms with Crippen molar-refractivity contribution in [2.24, 2.45) is 5.92 Å². The van der Waals surface area contributed by atoms with Crippen molar-refractivity contribution in [2.45, 2.75) is 12.8 Å². The van der Waals surface area contributed by atoms with Gasteiger partial charge in [0.1, 0.15) is 6.29 Å². The lowest BCUT2D eigenvalue weighted by Crippen LogP contribution is -2.37. The van der Waals surface area contributed by atoms with Gasteiger partial charge in [0.15, 0.2) is 0 Å². The van der Waals surface area contributed by atoms with E-state index in [0.29, 0.717) is 13.5 Å². The summed E-state index contributed by atoms with van der Waals surface area (Å²) in [6, 6.07) is 0. The molecule has 0 unspecified atom stereocenters. The zero-order chi connectivity index (χ0) is 8.10. The fourth-order valence-electron chi connectivity index (χ4n) is 1.40. The first-order valence-electron chi connectivity index (χ1n) is 4.03. The Labute approximate surface area is 68.0 Å². The average molecular weight is 155 g/mol. The van der Waals surface area contributed by atoms with Gasteiger partial charge in [-0.25, -0.2) is 0 Å². The van der Waals surface area contributed by atoms with Crippen LogP contribution in [-0.2, 0) is 9.45 Å². The summed E-state index contributed by atoms with van der Waals surface area (Å²) in [5, 5.41) is 0. The van der Waals surface area contributed by atoms with Crippen LogP contribution in [0, 0.1) is 5.92 Å². The van der Waals surface area contributed by atoms with Crippen LogP contribution < -0.4 is 0 Å². The number of rotatable bonds is 3. The molecule has 1 heterocycles. The highest BCUT2D eigenvalue weighted by molar-refractivity contribution is 6.23. The standard InChI is InChI=1S/C7H14BNO2/c1-11-8-9-4-2-7(6-10)3-5-9/h6-8H,2-5H2,1H3. The molecule has 3 nitrogen and oxygen atoms in total. The molecule has 0 saturated carbocycles. The lowest BCUT2D eigenvalue weighted by atomic mass is 9.95. The van der Waals surface area contributed by atoms with Gasteiger partial charge in [-0.05, 0) is 25.9 Å². The zero-order valence-corrected chi connectivity index (χ0v) is 6.95. The molecule has 0 aliphatic carbocycles. The van der Waals surface area contributed by atoms with Crippen LogP contribution in [0.3, 0.4) is 0 Å². The van der Waals surface area contributed by atoms with Gasteiger partial charge in [-0.3, -0.25) is 0 Å². The predicted octanol–water partition coefficient (Wildman–Crippen LogP) is -0.190. The summed E-state index contributed by atoms with van der Waals surface area (Å²) in [5.74, 6) is 0.295. The third-order valence-electron chi connectivity index (χ3n) is 2.14. The van der Waals surface area contributed by atoms with Crippen LogP contribution in [-0.4, -0.2) is 38.9 Å². The molecule has 0 N–H and O–H groups in total. The summed E-state index contributed by atoms with van der Waals surface area (Å²) in [6.07, 6.45) is 3.06. The molecule has 0 bridgehead atoms. The number of hydrogen-bond donors (Lipinski definition) is 0. The van der Waals surface area contributed by atoms with E-state index in [1.54, 1.807) is 7.11 Å². The third-order valence-corrected chi connectivity index (χ3v) is 2.14. The molecule has 0 aromatic heterocycles. The van der Waals surface area contributed by atoms with Gasteiger partial charge >= 0.3 is 7.62 Å². The maximum absolute atomic E-state index is 10.4. The van der Waals surface area contributed by atoms with E-state index >= 15 is 0 Å². The van der Waals surface area contributed by atoms with Gasteiger partial charge in [0, 0.05) is 13.0 Å². The highest BCUT2D eigenvalue weighted by atomic mass is 16.4. The van der Waals surface area contributed by atoms with Crippen molar-refractivity contribution in [1.29, 1.82) is 0 Å². The average Bonchev–Trinajstić information content (AvgIpc) is 2.07. The molecule has 1 saturated heterocycles. The highest BCUT2D eigenvalue weighted by Crippen LogP contribution is 2.13. The summed E-state index contributed by atoms with van der Waals surface area (Å²) in [5.41, 5.74) is 0. The maximum Gasteiger partial charge on any atom is 0.363 e. The lowest BCUT2D eigenvalue weighted by molar-refractivity contribution is -0.112. The molecule has 0 spiro atoms. The zero-order valence-electron chi connectivity index (χ0n) is 6.95. The second-order valence-corrected chi connectivity index (χ2v) is 3.01. The van der Waals surface area contributed by atoms with E-state index in [1.807, 2.05) is 0 Å². The Morgan fingerprint density at radius 2 is 2.18 bits per heavy atom. The molecule has 1 aliphatic rings. The second kappa shape index (κ2) is 4.52. The van der Waals surface area contributed by atoms with E-state index in [-0.39, 0.29) is 0 Å². The van der Waals surface area contributed by atoms with Crippen LogP contribution in [0.4, 0.5) is 0 Å². The minimum atomic E-state index is 0.295. The largest absolute Gasteiger partial charge is 0.427 e. The molecular weight excluding hydrogens is 141 g/mol. The number of carbonyl (C=O) groups is 1. The Bertz CT molecular complexity index is 124. The van der Waals surface area contributed by atoms with Crippen molar-refractivity contribution < 1.29 is 9.45 Å². The van der Waals surface area contributed by atoms with E-state index in [1.165, 1.54) is 0 Å². The van der Waals surface area contributed by atoms with Crippen LogP contribution >= 0.6 is 0 Å². The first-order valence-corrected chi connectivity index (χ1v) is 4.03. The minimum Gasteiger partial charge on any atom is -0.427 e. The first-order chi connectivity index (χ1) is 5.36. The van der Waals surface area contributed by atoms with Crippen molar-refractivity contribution >= 4 is 13.9 Å². The van der Waals surface area contributed by atoms with E-state index in [0.717, 1.165) is 32.2 Å². The summed E-state index contributed by atoms with van der Waals surface area (Å²) in [7, 11) is 2.40. The van der Waals surface area contributed by atoms with E-state index in [4.69, 9.17) is 4.65 Å². The highest BCUT2D eigenvalue weighted by Gasteiger charge is 2.18. The number of nitrogens with zero attached hydrogens (tertiary/aromatic N) is 1. The van der Waals surface area contributed by atoms with Gasteiger partial charge in [0.05, 0.1) is 0 Å². The molecule has 0 aromatic rings. The van der Waals surface area contributed by atoms with Crippen LogP contribution in [0.5, 0.6) is 0 Å². The van der Waals surface area contributed by atoms with Crippen molar-refractivity contribution in [3.63, 3.8) is 0 Å². The Morgan fingerprint density at radius 3 is 2.64 bits per heavy atom. The Hall–Kier alpha value is -0.345. The summed E-state index contributed by atoms with van der Waals surface area (Å²) in [6.45, 7) is 1.99. The Kier molecular flexibility index (Phi) is 3.59. The molecule has 62 valence electrons. The molecule has 4 heteroatoms. The fraction of sp³-hybridized carbons (Fsp3) is 0.857. The fourth-order valence-corrected chi connectivity index (χ4v) is 1.40. The summed E-state index contributed by atoms with van der Waals surface area (Å²) in [4.78, 5) is 12.6. The van der Waals surface area contributed by atoms with E-state index in [2.05, 4.69) is 4.81 Å². The maximum atomic E-state index is 10.4. The molecule has 0 aromatic carbocycles. The van der Waals surface area contributed by atoms with Gasteiger partial charge in [-0.1, -0.05) is 0 Å². The quantitative estimate of drug-likeness (QED) is 0.418. The molecule has 0 amide bonds. The number of carbonyl (C=O) groups excluding carboxylic acids is 1. The van der Waals surface area contributed by atoms with E-state index in [9.17, 15) is 4.79 Å². The van der Waals surface area contributed by atoms with E-state index < -0.39 is 0 Å². The minimum absolute atomic E-state index is 0.295. The van der Waals surface area contributed by atoms with Crippen LogP contribution in [0.2, 0.25) is 0 Å². The van der Waals surface area contributed by atoms with Crippen LogP contribution in [0.25, 0.3) is 0 Å². The smallest absolute Gasteiger partial charge is 0.363 e. The second-order valence-electron chi connectivity index (χ2n) is 3.01. The Balaban J connectivity index is 2.18. The molecule has 1 fully saturated rings. The van der Waals surface area contributed by atoms with Crippen LogP contribution in [0.15, 0.2) is 0 Å². The SMILES string of the molecule is COBN1CCC(C=O)CC1. The van der Waals surface area contributed by atoms with Crippen molar-refractivity contribution in [1.82, 2.24) is 4.81 Å². The lowest BCUT2D eigenvalue weighted by Gasteiger charge is -2.27. The van der Waals surface area contributed by atoms with Gasteiger partial charge in [-0.15, -0.1) is 0 Å². The molecule has 1 rings (SSSR count). The van der Waals surface area contributed by atoms with Gasteiger partial charge in [-0.2, -0.15) is 0 Å². The molecule has 0 atom stereocenters. The number of piperidine rings is 1. The van der Waals surface area contributed by atoms with Crippen molar-refractivity contribution in [2.75, 3.05) is 20.2 Å². The van der Waals surface area contributed by atoms with Crippen LogP contribution in [0.1, 0.15) is 12.8 Å². The van der Waals surface area contributed by atoms with Gasteiger partial charge in [0.2, 0.25) is 0 Å². The predicted molar refractivity (Wildman–Crippen MR) is 44.5 cm³/mol.